The minimum Gasteiger partial charge on any atom is -0.456 e. The number of esters is 1. The van der Waals surface area contributed by atoms with Crippen molar-refractivity contribution in [2.45, 2.75) is 367 Å². The fourth-order valence-corrected chi connectivity index (χ4v) is 11.8. The number of phosphoric acid groups is 1. The summed E-state index contributed by atoms with van der Waals surface area (Å²) in [6.45, 7) is 6.92. The number of likely N-dealkylation sites (N-methyl/N-ethyl adjacent to an activating group) is 1. The number of unbranched alkanes of at least 4 members (excludes halogenated alkanes) is 41. The maximum Gasteiger partial charge on any atom is 0.472 e. The lowest BCUT2D eigenvalue weighted by Crippen LogP contribution is -2.47. The molecule has 0 saturated heterocycles. The lowest BCUT2D eigenvalue weighted by molar-refractivity contribution is -0.870. The molecule has 1 amide bonds. The zero-order valence-corrected chi connectivity index (χ0v) is 60.3. The molecule has 2 N–H and O–H groups in total. The minimum absolute atomic E-state index is 0.0352. The molecule has 0 aliphatic rings. The maximum absolute atomic E-state index is 13.6. The van der Waals surface area contributed by atoms with E-state index in [-0.39, 0.29) is 31.5 Å². The molecule has 0 spiro atoms. The van der Waals surface area contributed by atoms with Crippen molar-refractivity contribution in [1.82, 2.24) is 5.32 Å². The third-order valence-corrected chi connectivity index (χ3v) is 17.8. The summed E-state index contributed by atoms with van der Waals surface area (Å²) in [6, 6.07) is -0.860. The van der Waals surface area contributed by atoms with Gasteiger partial charge in [-0.25, -0.2) is 4.57 Å². The van der Waals surface area contributed by atoms with Gasteiger partial charge in [-0.1, -0.05) is 344 Å². The first-order valence-corrected chi connectivity index (χ1v) is 39.4. The first-order valence-electron chi connectivity index (χ1n) is 37.9. The Labute approximate surface area is 552 Å². The van der Waals surface area contributed by atoms with Gasteiger partial charge in [0.05, 0.1) is 33.8 Å². The number of carbonyl (C=O) groups excluding carboxylic acids is 2. The number of nitrogens with one attached hydrogen (secondary N) is 1. The molecule has 0 aromatic rings. The molecule has 0 aliphatic heterocycles. The summed E-state index contributed by atoms with van der Waals surface area (Å²) in [5.41, 5.74) is 0. The van der Waals surface area contributed by atoms with Crippen molar-refractivity contribution in [1.29, 1.82) is 0 Å². The van der Waals surface area contributed by atoms with Gasteiger partial charge in [-0.3, -0.25) is 18.6 Å². The van der Waals surface area contributed by atoms with E-state index in [4.69, 9.17) is 13.8 Å². The summed E-state index contributed by atoms with van der Waals surface area (Å²) in [4.78, 5) is 37.9. The molecule has 518 valence electrons. The van der Waals surface area contributed by atoms with Gasteiger partial charge in [0.25, 0.3) is 0 Å². The maximum atomic E-state index is 13.6. The molecule has 3 atom stereocenters. The highest BCUT2D eigenvalue weighted by molar-refractivity contribution is 7.47. The Morgan fingerprint density at radius 1 is 0.404 bits per heavy atom. The van der Waals surface area contributed by atoms with Gasteiger partial charge in [-0.15, -0.1) is 0 Å². The van der Waals surface area contributed by atoms with E-state index in [0.29, 0.717) is 17.4 Å². The second-order valence-electron chi connectivity index (χ2n) is 26.8. The van der Waals surface area contributed by atoms with Crippen LogP contribution in [0, 0.1) is 0 Å². The fourth-order valence-electron chi connectivity index (χ4n) is 11.1. The van der Waals surface area contributed by atoms with E-state index >= 15 is 0 Å². The Balaban J connectivity index is 4.96. The van der Waals surface area contributed by atoms with Crippen LogP contribution < -0.4 is 5.32 Å². The quantitative estimate of drug-likeness (QED) is 0.0205. The van der Waals surface area contributed by atoms with Gasteiger partial charge < -0.3 is 19.4 Å². The van der Waals surface area contributed by atoms with Gasteiger partial charge >= 0.3 is 13.8 Å². The van der Waals surface area contributed by atoms with Crippen LogP contribution in [0.1, 0.15) is 355 Å². The zero-order chi connectivity index (χ0) is 64.9. The van der Waals surface area contributed by atoms with Crippen molar-refractivity contribution in [3.63, 3.8) is 0 Å². The molecule has 0 aromatic heterocycles. The molecule has 0 aromatic carbocycles. The molecule has 3 unspecified atom stereocenters. The van der Waals surface area contributed by atoms with Crippen molar-refractivity contribution < 1.29 is 37.3 Å². The smallest absolute Gasteiger partial charge is 0.456 e. The number of rotatable bonds is 69. The molecule has 0 heterocycles. The summed E-state index contributed by atoms with van der Waals surface area (Å²) in [5, 5.41) is 3.07. The summed E-state index contributed by atoms with van der Waals surface area (Å²) < 4.78 is 30.9. The van der Waals surface area contributed by atoms with E-state index in [1.54, 1.807) is 0 Å². The van der Waals surface area contributed by atoms with Crippen LogP contribution in [0.3, 0.4) is 0 Å². The van der Waals surface area contributed by atoms with Crippen molar-refractivity contribution in [3.05, 3.63) is 85.1 Å². The number of hydrogen-bond acceptors (Lipinski definition) is 6. The summed E-state index contributed by atoms with van der Waals surface area (Å²) >= 11 is 0. The molecule has 89 heavy (non-hydrogen) atoms. The Bertz CT molecular complexity index is 1800. The SMILES string of the molecule is CC/C=C\C/C=C\C/C=C\C/C=C\C/C=C\C/C=C\CCCCCCCCC(=O)NC(COP(=O)(O)OCC[N+](C)(C)C)C(/C=C/CCCCCCCCCCC)OC(=O)CCCCCCCCCCCCCCCCCCCCCCCCCCCCC. The van der Waals surface area contributed by atoms with E-state index in [1.165, 1.54) is 199 Å². The molecule has 0 fully saturated rings. The topological polar surface area (TPSA) is 111 Å². The van der Waals surface area contributed by atoms with Gasteiger partial charge in [-0.05, 0) is 83.1 Å². The highest BCUT2D eigenvalue weighted by Crippen LogP contribution is 2.43. The highest BCUT2D eigenvalue weighted by Gasteiger charge is 2.30. The molecule has 9 nitrogen and oxygen atoms in total. The summed E-state index contributed by atoms with van der Waals surface area (Å²) in [6.07, 6.45) is 91.9. The van der Waals surface area contributed by atoms with E-state index in [9.17, 15) is 19.0 Å². The Hall–Kier alpha value is -2.81. The van der Waals surface area contributed by atoms with E-state index in [2.05, 4.69) is 99.0 Å². The molecule has 0 radical (unpaired) electrons. The van der Waals surface area contributed by atoms with E-state index < -0.39 is 20.0 Å². The van der Waals surface area contributed by atoms with Crippen LogP contribution in [0.4, 0.5) is 0 Å². The van der Waals surface area contributed by atoms with Gasteiger partial charge in [0.1, 0.15) is 19.3 Å². The second kappa shape index (κ2) is 68.1. The predicted octanol–water partition coefficient (Wildman–Crippen LogP) is 24.5. The average Bonchev–Trinajstić information content (AvgIpc) is 3.62. The van der Waals surface area contributed by atoms with Crippen molar-refractivity contribution in [3.8, 4) is 0 Å². The number of ether oxygens (including phenoxy) is 1. The number of amides is 1. The molecule has 0 saturated carbocycles. The minimum atomic E-state index is -4.46. The first-order chi connectivity index (χ1) is 43.4. The number of phosphoric ester groups is 1. The lowest BCUT2D eigenvalue weighted by atomic mass is 10.0. The molecule has 0 aliphatic carbocycles. The largest absolute Gasteiger partial charge is 0.472 e. The predicted molar refractivity (Wildman–Crippen MR) is 388 cm³/mol. The fraction of sp³-hybridized carbons (Fsp3) is 0.797. The Kier molecular flexibility index (Phi) is 65.9. The Morgan fingerprint density at radius 2 is 0.719 bits per heavy atom. The third kappa shape index (κ3) is 69.4. The molecule has 10 heteroatoms. The van der Waals surface area contributed by atoms with Gasteiger partial charge in [0.15, 0.2) is 0 Å². The van der Waals surface area contributed by atoms with Crippen LogP contribution in [-0.4, -0.2) is 74.3 Å². The van der Waals surface area contributed by atoms with E-state index in [0.717, 1.165) is 122 Å². The number of quaternary nitrogens is 1. The van der Waals surface area contributed by atoms with Gasteiger partial charge in [0, 0.05) is 12.8 Å². The van der Waals surface area contributed by atoms with Gasteiger partial charge in [0.2, 0.25) is 5.91 Å². The number of hydrogen-bond donors (Lipinski definition) is 2. The molecule has 0 rings (SSSR count). The van der Waals surface area contributed by atoms with Crippen LogP contribution in [-0.2, 0) is 27.9 Å². The summed E-state index contributed by atoms with van der Waals surface area (Å²) in [7, 11) is 1.49. The van der Waals surface area contributed by atoms with Crippen LogP contribution in [0.25, 0.3) is 0 Å². The van der Waals surface area contributed by atoms with Crippen LogP contribution in [0.5, 0.6) is 0 Å². The van der Waals surface area contributed by atoms with Crippen LogP contribution in [0.15, 0.2) is 85.1 Å². The van der Waals surface area contributed by atoms with Gasteiger partial charge in [-0.2, -0.15) is 0 Å². The third-order valence-electron chi connectivity index (χ3n) is 16.8. The molecular formula is C79H146N2O7P+. The number of nitrogens with zero attached hydrogens (tertiary/aromatic N) is 1. The van der Waals surface area contributed by atoms with Crippen molar-refractivity contribution in [2.24, 2.45) is 0 Å². The monoisotopic (exact) mass is 1270 g/mol. The number of allylic oxidation sites excluding steroid dienone is 13. The second-order valence-corrected chi connectivity index (χ2v) is 28.3. The van der Waals surface area contributed by atoms with Crippen LogP contribution >= 0.6 is 7.82 Å². The standard InChI is InChI=1S/C79H145N2O7P/c1-7-10-13-16-19-22-25-27-29-31-33-35-37-39-40-42-44-46-48-50-52-54-57-60-63-66-69-72-79(83)88-77(70-67-64-61-58-55-24-21-18-15-12-9-3)76(75-87-89(84,85)86-74-73-81(4,5)6)80-78(82)71-68-65-62-59-56-53-51-49-47-45-43-41-38-36-34-32-30-28-26-23-20-17-14-11-8-2/h11,14,20,23,28,30,34,36,41,43,47,49,67,70,76-77H,7-10,12-13,15-19,21-22,24-27,29,31-33,35,37-40,42,44-46,48,50-66,68-69,71-75H2,1-6H3,(H-,80,82,84,85)/p+1/b14-11-,23-20-,30-28-,36-34-,43-41-,49-47-,70-67+. The molecular weight excluding hydrogens is 1120 g/mol. The summed E-state index contributed by atoms with van der Waals surface area (Å²) in [5.74, 6) is -0.511. The first kappa shape index (κ1) is 86.2. The highest BCUT2D eigenvalue weighted by atomic mass is 31.2. The van der Waals surface area contributed by atoms with Crippen LogP contribution in [0.2, 0.25) is 0 Å². The van der Waals surface area contributed by atoms with E-state index in [1.807, 2.05) is 33.3 Å². The van der Waals surface area contributed by atoms with Crippen molar-refractivity contribution in [2.75, 3.05) is 40.9 Å². The molecule has 0 bridgehead atoms. The lowest BCUT2D eigenvalue weighted by Gasteiger charge is -2.27. The normalized spacial score (nSPS) is 13.9. The van der Waals surface area contributed by atoms with Crippen molar-refractivity contribution >= 4 is 19.7 Å². The Morgan fingerprint density at radius 3 is 1.08 bits per heavy atom. The number of carbonyl (C=O) groups is 2. The zero-order valence-electron chi connectivity index (χ0n) is 59.4. The average molecular weight is 1270 g/mol.